The Hall–Kier alpha value is -2.54. The summed E-state index contributed by atoms with van der Waals surface area (Å²) in [5.74, 6) is 0.165. The molecule has 2 aromatic carbocycles. The lowest BCUT2D eigenvalue weighted by Gasteiger charge is -2.29. The largest absolute Gasteiger partial charge is 0.377 e. The maximum Gasteiger partial charge on any atom is 0.232 e. The Balaban J connectivity index is 2.42. The number of amides is 1. The molecule has 0 radical (unpaired) electrons. The summed E-state index contributed by atoms with van der Waals surface area (Å²) in [7, 11) is 0.503. The van der Waals surface area contributed by atoms with Gasteiger partial charge in [-0.1, -0.05) is 51.1 Å². The second-order valence-corrected chi connectivity index (χ2v) is 10.2. The first-order valence-corrected chi connectivity index (χ1v) is 13.0. The average molecular weight is 460 g/mol. The predicted molar refractivity (Wildman–Crippen MR) is 133 cm³/mol. The maximum atomic E-state index is 13.4. The van der Waals surface area contributed by atoms with Gasteiger partial charge in [-0.25, -0.2) is 8.42 Å². The first-order valence-electron chi connectivity index (χ1n) is 11.3. The molecule has 0 saturated carbocycles. The molecule has 0 saturated heterocycles. The van der Waals surface area contributed by atoms with Gasteiger partial charge in [0.1, 0.15) is 0 Å². The van der Waals surface area contributed by atoms with Crippen LogP contribution in [-0.4, -0.2) is 39.1 Å². The number of nitrogens with zero attached hydrogens (tertiary/aromatic N) is 2. The van der Waals surface area contributed by atoms with Gasteiger partial charge in [-0.15, -0.1) is 0 Å². The fourth-order valence-electron chi connectivity index (χ4n) is 3.83. The molecule has 1 N–H and O–H groups in total. The van der Waals surface area contributed by atoms with Crippen LogP contribution in [-0.2, 0) is 27.9 Å². The van der Waals surface area contributed by atoms with Crippen LogP contribution in [0.2, 0.25) is 0 Å². The summed E-state index contributed by atoms with van der Waals surface area (Å²) in [6.45, 7) is 6.84. The molecule has 0 aliphatic heterocycles. The lowest BCUT2D eigenvalue weighted by molar-refractivity contribution is -0.137. The Bertz CT molecular complexity index is 971. The molecule has 0 bridgehead atoms. The van der Waals surface area contributed by atoms with Gasteiger partial charge in [0.15, 0.2) is 0 Å². The van der Waals surface area contributed by atoms with Crippen molar-refractivity contribution < 1.29 is 13.2 Å². The van der Waals surface area contributed by atoms with Crippen molar-refractivity contribution in [1.82, 2.24) is 4.90 Å². The number of sulfonamides is 1. The van der Waals surface area contributed by atoms with E-state index in [2.05, 4.69) is 4.72 Å². The Morgan fingerprint density at radius 3 is 2.19 bits per heavy atom. The third kappa shape index (κ3) is 7.26. The van der Waals surface area contributed by atoms with Crippen LogP contribution in [0.4, 0.5) is 11.4 Å². The molecule has 0 atom stereocenters. The second kappa shape index (κ2) is 11.9. The third-order valence-corrected chi connectivity index (χ3v) is 7.02. The monoisotopic (exact) mass is 459 g/mol. The molecular formula is C25H37N3O3S. The van der Waals surface area contributed by atoms with E-state index in [0.29, 0.717) is 25.2 Å². The predicted octanol–water partition coefficient (Wildman–Crippen LogP) is 4.87. The number of rotatable bonds is 12. The topological polar surface area (TPSA) is 69.7 Å². The van der Waals surface area contributed by atoms with E-state index in [-0.39, 0.29) is 17.6 Å². The molecule has 1 amide bonds. The highest BCUT2D eigenvalue weighted by atomic mass is 32.2. The van der Waals surface area contributed by atoms with E-state index in [4.69, 9.17) is 0 Å². The summed E-state index contributed by atoms with van der Waals surface area (Å²) in [5, 5.41) is 0. The fraction of sp³-hybridized carbons (Fsp3) is 0.480. The van der Waals surface area contributed by atoms with E-state index < -0.39 is 10.0 Å². The van der Waals surface area contributed by atoms with E-state index >= 15 is 0 Å². The molecule has 0 aliphatic carbocycles. The summed E-state index contributed by atoms with van der Waals surface area (Å²) in [6, 6.07) is 15.5. The Kier molecular flexibility index (Phi) is 9.57. The van der Waals surface area contributed by atoms with Crippen molar-refractivity contribution in [2.45, 2.75) is 53.1 Å². The first kappa shape index (κ1) is 25.7. The van der Waals surface area contributed by atoms with Gasteiger partial charge in [0.2, 0.25) is 15.9 Å². The van der Waals surface area contributed by atoms with Gasteiger partial charge >= 0.3 is 0 Å². The lowest BCUT2D eigenvalue weighted by atomic mass is 10.0. The van der Waals surface area contributed by atoms with Crippen molar-refractivity contribution in [3.05, 3.63) is 59.7 Å². The van der Waals surface area contributed by atoms with Gasteiger partial charge in [0, 0.05) is 44.5 Å². The zero-order chi connectivity index (χ0) is 23.7. The van der Waals surface area contributed by atoms with Gasteiger partial charge in [-0.05, 0) is 48.6 Å². The summed E-state index contributed by atoms with van der Waals surface area (Å²) in [4.78, 5) is 17.3. The van der Waals surface area contributed by atoms with Crippen LogP contribution < -0.4 is 9.62 Å². The van der Waals surface area contributed by atoms with E-state index in [1.54, 1.807) is 6.07 Å². The van der Waals surface area contributed by atoms with Gasteiger partial charge in [-0.3, -0.25) is 9.52 Å². The van der Waals surface area contributed by atoms with Crippen LogP contribution in [0, 0.1) is 5.92 Å². The van der Waals surface area contributed by atoms with E-state index in [0.717, 1.165) is 29.7 Å². The second-order valence-electron chi connectivity index (χ2n) is 8.35. The number of benzene rings is 2. The SMILES string of the molecule is CCCS(=O)(=O)Nc1ccc(N(C)C)c(CN(Cc2ccccc2)C(=O)C(CC)CC)c1. The van der Waals surface area contributed by atoms with Crippen molar-refractivity contribution in [1.29, 1.82) is 0 Å². The number of carbonyl (C=O) groups excluding carboxylic acids is 1. The smallest absolute Gasteiger partial charge is 0.232 e. The molecule has 0 spiro atoms. The van der Waals surface area contributed by atoms with Gasteiger partial charge in [-0.2, -0.15) is 0 Å². The normalized spacial score (nSPS) is 11.4. The standard InChI is InChI=1S/C25H37N3O3S/c1-6-16-32(30,31)26-23-14-15-24(27(4)5)22(17-23)19-28(25(29)21(7-2)8-3)18-20-12-10-9-11-13-20/h9-15,17,21,26H,6-8,16,18-19H2,1-5H3. The fourth-order valence-corrected chi connectivity index (χ4v) is 4.95. The Labute approximate surface area is 193 Å². The molecule has 0 unspecified atom stereocenters. The third-order valence-electron chi connectivity index (χ3n) is 5.53. The molecule has 0 heterocycles. The van der Waals surface area contributed by atoms with Crippen molar-refractivity contribution in [2.75, 3.05) is 29.5 Å². The molecule has 0 aliphatic rings. The molecule has 6 nitrogen and oxygen atoms in total. The summed E-state index contributed by atoms with van der Waals surface area (Å²) < 4.78 is 27.2. The lowest BCUT2D eigenvalue weighted by Crippen LogP contribution is -2.35. The van der Waals surface area contributed by atoms with Crippen molar-refractivity contribution in [2.24, 2.45) is 5.92 Å². The summed E-state index contributed by atoms with van der Waals surface area (Å²) >= 11 is 0. The van der Waals surface area contributed by atoms with Crippen LogP contribution in [0.1, 0.15) is 51.2 Å². The summed E-state index contributed by atoms with van der Waals surface area (Å²) in [6.07, 6.45) is 2.13. The molecule has 7 heteroatoms. The van der Waals surface area contributed by atoms with E-state index in [1.807, 2.05) is 87.1 Å². The van der Waals surface area contributed by atoms with Gasteiger partial charge in [0.05, 0.1) is 5.75 Å². The molecule has 2 rings (SSSR count). The minimum Gasteiger partial charge on any atom is -0.377 e. The van der Waals surface area contributed by atoms with E-state index in [9.17, 15) is 13.2 Å². The summed E-state index contributed by atoms with van der Waals surface area (Å²) in [5.41, 5.74) is 3.45. The number of hydrogen-bond donors (Lipinski definition) is 1. The molecule has 176 valence electrons. The first-order chi connectivity index (χ1) is 15.2. The minimum atomic E-state index is -3.39. The Morgan fingerprint density at radius 2 is 1.62 bits per heavy atom. The van der Waals surface area contributed by atoms with Crippen LogP contribution >= 0.6 is 0 Å². The number of carbonyl (C=O) groups is 1. The highest BCUT2D eigenvalue weighted by molar-refractivity contribution is 7.92. The molecule has 32 heavy (non-hydrogen) atoms. The molecule has 0 fully saturated rings. The van der Waals surface area contributed by atoms with Gasteiger partial charge < -0.3 is 9.80 Å². The highest BCUT2D eigenvalue weighted by Crippen LogP contribution is 2.27. The quantitative estimate of drug-likeness (QED) is 0.492. The molecule has 0 aromatic heterocycles. The molecule has 2 aromatic rings. The van der Waals surface area contributed by atoms with Crippen LogP contribution in [0.25, 0.3) is 0 Å². The number of nitrogens with one attached hydrogen (secondary N) is 1. The van der Waals surface area contributed by atoms with Crippen LogP contribution in [0.5, 0.6) is 0 Å². The van der Waals surface area contributed by atoms with Crippen molar-refractivity contribution >= 4 is 27.3 Å². The van der Waals surface area contributed by atoms with Crippen LogP contribution in [0.15, 0.2) is 48.5 Å². The zero-order valence-electron chi connectivity index (χ0n) is 20.0. The van der Waals surface area contributed by atoms with Crippen molar-refractivity contribution in [3.63, 3.8) is 0 Å². The van der Waals surface area contributed by atoms with Crippen LogP contribution in [0.3, 0.4) is 0 Å². The molecular weight excluding hydrogens is 422 g/mol. The highest BCUT2D eigenvalue weighted by Gasteiger charge is 2.23. The maximum absolute atomic E-state index is 13.4. The van der Waals surface area contributed by atoms with Gasteiger partial charge in [0.25, 0.3) is 0 Å². The van der Waals surface area contributed by atoms with E-state index in [1.165, 1.54) is 0 Å². The number of anilines is 2. The Morgan fingerprint density at radius 1 is 0.969 bits per heavy atom. The van der Waals surface area contributed by atoms with Crippen molar-refractivity contribution in [3.8, 4) is 0 Å². The zero-order valence-corrected chi connectivity index (χ0v) is 20.8. The minimum absolute atomic E-state index is 0.0345. The number of hydrogen-bond acceptors (Lipinski definition) is 4. The average Bonchev–Trinajstić information content (AvgIpc) is 2.74.